The normalized spacial score (nSPS) is 11.0. The van der Waals surface area contributed by atoms with E-state index in [2.05, 4.69) is 15.9 Å². The number of thiophene rings is 1. The second-order valence-electron chi connectivity index (χ2n) is 1.69. The molecule has 0 unspecified atom stereocenters. The molecule has 0 nitrogen and oxygen atoms in total. The van der Waals surface area contributed by atoms with Crippen LogP contribution in [0.4, 0.5) is 0 Å². The lowest BCUT2D eigenvalue weighted by atomic mass is 10.4. The molecule has 1 heterocycles. The van der Waals surface area contributed by atoms with Crippen molar-refractivity contribution in [2.24, 2.45) is 0 Å². The van der Waals surface area contributed by atoms with Crippen LogP contribution in [0.3, 0.4) is 0 Å². The van der Waals surface area contributed by atoms with Crippen molar-refractivity contribution in [2.45, 2.75) is 0 Å². The first-order valence-electron chi connectivity index (χ1n) is 2.80. The van der Waals surface area contributed by atoms with Gasteiger partial charge in [-0.3, -0.25) is 0 Å². The second-order valence-corrected chi connectivity index (χ2v) is 3.69. The van der Waals surface area contributed by atoms with Crippen LogP contribution >= 0.6 is 38.9 Å². The Bertz CT molecular complexity index is 229. The summed E-state index contributed by atoms with van der Waals surface area (Å²) in [5.74, 6) is 0. The van der Waals surface area contributed by atoms with Gasteiger partial charge in [-0.15, -0.1) is 11.3 Å². The third-order valence-electron chi connectivity index (χ3n) is 1.00. The fourth-order valence-corrected chi connectivity index (χ4v) is 1.80. The van der Waals surface area contributed by atoms with E-state index < -0.39 is 0 Å². The monoisotopic (exact) mass is 236 g/mol. The van der Waals surface area contributed by atoms with E-state index >= 15 is 0 Å². The molecule has 54 valence electrons. The van der Waals surface area contributed by atoms with Gasteiger partial charge < -0.3 is 0 Å². The number of hydrogen-bond donors (Lipinski definition) is 0. The van der Waals surface area contributed by atoms with Gasteiger partial charge in [0, 0.05) is 10.2 Å². The summed E-state index contributed by atoms with van der Waals surface area (Å²) in [7, 11) is 0. The van der Waals surface area contributed by atoms with Gasteiger partial charge in [-0.2, -0.15) is 0 Å². The van der Waals surface area contributed by atoms with Crippen LogP contribution < -0.4 is 0 Å². The number of rotatable bonds is 2. The van der Waals surface area contributed by atoms with Crippen molar-refractivity contribution < 1.29 is 0 Å². The van der Waals surface area contributed by atoms with Crippen molar-refractivity contribution in [1.29, 1.82) is 0 Å². The first kappa shape index (κ1) is 8.31. The van der Waals surface area contributed by atoms with E-state index in [0.717, 1.165) is 15.2 Å². The molecule has 0 aliphatic rings. The van der Waals surface area contributed by atoms with Crippen molar-refractivity contribution in [1.82, 2.24) is 0 Å². The highest BCUT2D eigenvalue weighted by atomic mass is 79.9. The maximum atomic E-state index is 5.82. The fourth-order valence-electron chi connectivity index (χ4n) is 0.576. The van der Waals surface area contributed by atoms with Crippen LogP contribution in [0, 0.1) is 0 Å². The highest BCUT2D eigenvalue weighted by Crippen LogP contribution is 2.23. The average Bonchev–Trinajstić information content (AvgIpc) is 2.31. The number of halogens is 2. The molecule has 0 N–H and O–H groups in total. The van der Waals surface area contributed by atoms with Gasteiger partial charge in [-0.25, -0.2) is 0 Å². The lowest BCUT2D eigenvalue weighted by molar-refractivity contribution is 1.84. The molecule has 0 amide bonds. The molecule has 0 bridgehead atoms. The summed E-state index contributed by atoms with van der Waals surface area (Å²) in [6, 6.07) is 1.90. The molecule has 0 fully saturated rings. The molecule has 10 heavy (non-hydrogen) atoms. The zero-order valence-electron chi connectivity index (χ0n) is 5.18. The predicted molar refractivity (Wildman–Crippen MR) is 52.2 cm³/mol. The van der Waals surface area contributed by atoms with Crippen LogP contribution in [-0.4, -0.2) is 5.33 Å². The zero-order valence-corrected chi connectivity index (χ0v) is 8.34. The average molecular weight is 238 g/mol. The summed E-state index contributed by atoms with van der Waals surface area (Å²) in [6.45, 7) is 0. The molecule has 1 aromatic heterocycles. The van der Waals surface area contributed by atoms with E-state index in [0.29, 0.717) is 0 Å². The molecule has 0 aliphatic carbocycles. The third-order valence-corrected chi connectivity index (χ3v) is 2.70. The van der Waals surface area contributed by atoms with Gasteiger partial charge in [0.25, 0.3) is 0 Å². The number of hydrogen-bond acceptors (Lipinski definition) is 1. The van der Waals surface area contributed by atoms with Crippen molar-refractivity contribution in [3.05, 3.63) is 27.4 Å². The molecule has 0 saturated heterocycles. The van der Waals surface area contributed by atoms with Gasteiger partial charge >= 0.3 is 0 Å². The maximum absolute atomic E-state index is 5.82. The minimum absolute atomic E-state index is 0.835. The Kier molecular flexibility index (Phi) is 3.46. The highest BCUT2D eigenvalue weighted by molar-refractivity contribution is 9.09. The van der Waals surface area contributed by atoms with Gasteiger partial charge in [0.15, 0.2) is 0 Å². The number of allylic oxidation sites excluding steroid dienone is 1. The summed E-state index contributed by atoms with van der Waals surface area (Å²) in [4.78, 5) is 1.13. The Morgan fingerprint density at radius 1 is 1.70 bits per heavy atom. The van der Waals surface area contributed by atoms with Crippen molar-refractivity contribution in [3.8, 4) is 0 Å². The molecule has 3 heteroatoms. The number of alkyl halides is 1. The maximum Gasteiger partial charge on any atom is 0.0586 e. The van der Waals surface area contributed by atoms with E-state index in [1.165, 1.54) is 0 Å². The predicted octanol–water partition coefficient (Wildman–Crippen LogP) is 3.81. The molecule has 0 aromatic carbocycles. The summed E-state index contributed by atoms with van der Waals surface area (Å²) in [5.41, 5.74) is 0. The minimum Gasteiger partial charge on any atom is -0.143 e. The van der Waals surface area contributed by atoms with Crippen LogP contribution in [0.1, 0.15) is 4.88 Å². The smallest absolute Gasteiger partial charge is 0.0586 e. The molecule has 0 spiro atoms. The first-order valence-corrected chi connectivity index (χ1v) is 5.18. The molecule has 0 aliphatic heterocycles. The molecular formula is C7H6BrClS. The van der Waals surface area contributed by atoms with Gasteiger partial charge in [-0.1, -0.05) is 33.6 Å². The minimum atomic E-state index is 0.835. The van der Waals surface area contributed by atoms with E-state index in [-0.39, 0.29) is 0 Å². The molecule has 0 atom stereocenters. The highest BCUT2D eigenvalue weighted by Gasteiger charge is 1.94. The van der Waals surface area contributed by atoms with Gasteiger partial charge in [-0.05, 0) is 17.5 Å². The second kappa shape index (κ2) is 4.16. The largest absolute Gasteiger partial charge is 0.143 e. The molecule has 1 aromatic rings. The van der Waals surface area contributed by atoms with E-state index in [4.69, 9.17) is 11.6 Å². The summed E-state index contributed by atoms with van der Waals surface area (Å²) in [5, 5.41) is 3.69. The van der Waals surface area contributed by atoms with Crippen LogP contribution in [0.15, 0.2) is 17.5 Å². The van der Waals surface area contributed by atoms with Crippen molar-refractivity contribution >= 4 is 44.9 Å². The lowest BCUT2D eigenvalue weighted by Crippen LogP contribution is -1.61. The Balaban J connectivity index is 2.74. The van der Waals surface area contributed by atoms with Gasteiger partial charge in [0.05, 0.1) is 5.02 Å². The van der Waals surface area contributed by atoms with Crippen molar-refractivity contribution in [2.75, 3.05) is 5.33 Å². The third kappa shape index (κ3) is 2.11. The van der Waals surface area contributed by atoms with Gasteiger partial charge in [0.1, 0.15) is 0 Å². The van der Waals surface area contributed by atoms with Crippen LogP contribution in [0.2, 0.25) is 5.02 Å². The Hall–Kier alpha value is 0.210. The lowest BCUT2D eigenvalue weighted by Gasteiger charge is -1.83. The molecular weight excluding hydrogens is 232 g/mol. The Morgan fingerprint density at radius 3 is 3.00 bits per heavy atom. The van der Waals surface area contributed by atoms with Crippen LogP contribution in [0.25, 0.3) is 6.08 Å². The SMILES string of the molecule is Clc1ccsc1/C=C/CBr. The molecule has 0 radical (unpaired) electrons. The Morgan fingerprint density at radius 2 is 2.50 bits per heavy atom. The van der Waals surface area contributed by atoms with Crippen LogP contribution in [0.5, 0.6) is 0 Å². The quantitative estimate of drug-likeness (QED) is 0.686. The molecule has 1 rings (SSSR count). The first-order chi connectivity index (χ1) is 4.84. The van der Waals surface area contributed by atoms with E-state index in [9.17, 15) is 0 Å². The van der Waals surface area contributed by atoms with Gasteiger partial charge in [0.2, 0.25) is 0 Å². The standard InChI is InChI=1S/C7H6BrClS/c8-4-1-2-7-6(9)3-5-10-7/h1-3,5H,4H2/b2-1+. The zero-order chi connectivity index (χ0) is 7.40. The summed E-state index contributed by atoms with van der Waals surface area (Å²) >= 11 is 10.8. The van der Waals surface area contributed by atoms with E-state index in [1.807, 2.05) is 23.6 Å². The van der Waals surface area contributed by atoms with E-state index in [1.54, 1.807) is 11.3 Å². The fraction of sp³-hybridized carbons (Fsp3) is 0.143. The topological polar surface area (TPSA) is 0 Å². The summed E-state index contributed by atoms with van der Waals surface area (Å²) < 4.78 is 0. The van der Waals surface area contributed by atoms with Crippen LogP contribution in [-0.2, 0) is 0 Å². The summed E-state index contributed by atoms with van der Waals surface area (Å²) in [6.07, 6.45) is 4.04. The molecule has 0 saturated carbocycles. The van der Waals surface area contributed by atoms with Crippen molar-refractivity contribution in [3.63, 3.8) is 0 Å². The Labute approximate surface area is 77.6 Å².